The second-order valence-electron chi connectivity index (χ2n) is 12.6. The van der Waals surface area contributed by atoms with E-state index in [1.54, 1.807) is 0 Å². The highest BCUT2D eigenvalue weighted by Gasteiger charge is 2.23. The fourth-order valence-electron chi connectivity index (χ4n) is 7.64. The van der Waals surface area contributed by atoms with Crippen LogP contribution in [0.3, 0.4) is 0 Å². The average molecular weight is 650 g/mol. The summed E-state index contributed by atoms with van der Waals surface area (Å²) in [5.41, 5.74) is 11.7. The maximum atomic E-state index is 10.6. The normalized spacial score (nSPS) is 12.9. The summed E-state index contributed by atoms with van der Waals surface area (Å²) in [7, 11) is 0. The molecule has 5 nitrogen and oxygen atoms in total. The molecule has 0 aliphatic heterocycles. The largest absolute Gasteiger partial charge is 0.309 e. The Morgan fingerprint density at radius 3 is 1.90 bits per heavy atom. The highest BCUT2D eigenvalue weighted by atomic mass is 15.0. The molecular weight excluding hydrogens is 623 g/mol. The van der Waals surface area contributed by atoms with E-state index in [9.17, 15) is 15.8 Å². The van der Waals surface area contributed by atoms with E-state index < -0.39 is 0 Å². The number of hydrogen-bond donors (Lipinski definition) is 0. The van der Waals surface area contributed by atoms with Gasteiger partial charge in [0.05, 0.1) is 57.1 Å². The minimum absolute atomic E-state index is 0.510. The topological polar surface area (TPSA) is 81.2 Å². The van der Waals surface area contributed by atoms with E-state index >= 15 is 0 Å². The van der Waals surface area contributed by atoms with Crippen molar-refractivity contribution in [2.24, 2.45) is 0 Å². The van der Waals surface area contributed by atoms with E-state index in [4.69, 9.17) is 0 Å². The summed E-state index contributed by atoms with van der Waals surface area (Å²) in [6, 6.07) is 52.2. The minimum atomic E-state index is 0.510. The molecule has 0 fully saturated rings. The van der Waals surface area contributed by atoms with Crippen molar-refractivity contribution in [1.82, 2.24) is 9.13 Å². The third kappa shape index (κ3) is 4.67. The van der Waals surface area contributed by atoms with Gasteiger partial charge in [0, 0.05) is 50.4 Å². The summed E-state index contributed by atoms with van der Waals surface area (Å²) < 4.78 is 4.46. The van der Waals surface area contributed by atoms with Gasteiger partial charge in [0.25, 0.3) is 0 Å². The highest BCUT2D eigenvalue weighted by Crippen LogP contribution is 2.42. The Hall–Kier alpha value is -7.39. The fourth-order valence-corrected chi connectivity index (χ4v) is 7.64. The first-order valence-electron chi connectivity index (χ1n) is 16.8. The molecule has 6 aromatic carbocycles. The van der Waals surface area contributed by atoms with Gasteiger partial charge in [-0.25, -0.2) is 0 Å². The molecule has 9 rings (SSSR count). The van der Waals surface area contributed by atoms with Gasteiger partial charge in [0.2, 0.25) is 0 Å². The molecule has 0 bridgehead atoms. The average Bonchev–Trinajstić information content (AvgIpc) is 3.60. The molecule has 51 heavy (non-hydrogen) atoms. The van der Waals surface area contributed by atoms with Crippen molar-refractivity contribution in [3.63, 3.8) is 0 Å². The quantitative estimate of drug-likeness (QED) is 0.190. The molecule has 0 spiro atoms. The zero-order chi connectivity index (χ0) is 34.5. The maximum Gasteiger partial charge on any atom is 0.0992 e. The summed E-state index contributed by atoms with van der Waals surface area (Å²) in [5.74, 6) is 0. The van der Waals surface area contributed by atoms with Crippen LogP contribution in [0.4, 0.5) is 0 Å². The van der Waals surface area contributed by atoms with E-state index in [1.807, 2.05) is 84.9 Å². The molecule has 0 saturated heterocycles. The van der Waals surface area contributed by atoms with Gasteiger partial charge >= 0.3 is 0 Å². The Bertz CT molecular complexity index is 2960. The van der Waals surface area contributed by atoms with Gasteiger partial charge in [0.1, 0.15) is 0 Å². The van der Waals surface area contributed by atoms with Gasteiger partial charge in [-0.05, 0) is 71.8 Å². The number of nitrogens with zero attached hydrogens (tertiary/aromatic N) is 5. The van der Waals surface area contributed by atoms with Crippen LogP contribution in [0, 0.1) is 34.0 Å². The van der Waals surface area contributed by atoms with Gasteiger partial charge in [-0.1, -0.05) is 91.0 Å². The molecule has 2 aromatic heterocycles. The molecule has 1 aliphatic rings. The number of hydrogen-bond acceptors (Lipinski definition) is 3. The van der Waals surface area contributed by atoms with E-state index in [0.29, 0.717) is 23.1 Å². The number of nitriles is 3. The second kappa shape index (κ2) is 11.9. The van der Waals surface area contributed by atoms with Gasteiger partial charge in [0.15, 0.2) is 0 Å². The number of aromatic nitrogens is 2. The Labute approximate surface area is 294 Å². The molecule has 8 aromatic rings. The Morgan fingerprint density at radius 2 is 1.14 bits per heavy atom. The van der Waals surface area contributed by atoms with Gasteiger partial charge in [-0.15, -0.1) is 0 Å². The number of para-hydroxylation sites is 3. The number of rotatable bonds is 4. The Kier molecular flexibility index (Phi) is 6.96. The lowest BCUT2D eigenvalue weighted by molar-refractivity contribution is 1.16. The van der Waals surface area contributed by atoms with Crippen LogP contribution in [0.15, 0.2) is 157 Å². The van der Waals surface area contributed by atoms with E-state index in [-0.39, 0.29) is 0 Å². The van der Waals surface area contributed by atoms with Crippen LogP contribution in [0.25, 0.3) is 66.1 Å². The summed E-state index contributed by atoms with van der Waals surface area (Å²) in [4.78, 5) is 0. The summed E-state index contributed by atoms with van der Waals surface area (Å²) in [6.45, 7) is 0. The van der Waals surface area contributed by atoms with Gasteiger partial charge in [-0.3, -0.25) is 0 Å². The minimum Gasteiger partial charge on any atom is -0.309 e. The first kappa shape index (κ1) is 29.7. The lowest BCUT2D eigenvalue weighted by Crippen LogP contribution is -2.03. The predicted octanol–water partition coefficient (Wildman–Crippen LogP) is 10.9. The lowest BCUT2D eigenvalue weighted by atomic mass is 9.87. The van der Waals surface area contributed by atoms with Crippen LogP contribution in [0.2, 0.25) is 0 Å². The van der Waals surface area contributed by atoms with Crippen LogP contribution in [0.1, 0.15) is 28.7 Å². The molecule has 5 heteroatoms. The van der Waals surface area contributed by atoms with Crippen molar-refractivity contribution < 1.29 is 0 Å². The van der Waals surface area contributed by atoms with E-state index in [2.05, 4.69) is 94.1 Å². The molecule has 2 heterocycles. The molecule has 1 aliphatic carbocycles. The summed E-state index contributed by atoms with van der Waals surface area (Å²) >= 11 is 0. The van der Waals surface area contributed by atoms with Crippen molar-refractivity contribution in [3.8, 4) is 29.6 Å². The Morgan fingerprint density at radius 1 is 0.510 bits per heavy atom. The molecule has 0 unspecified atom stereocenters. The fraction of sp³-hybridized carbons (Fsp3) is 0.0217. The number of benzene rings is 6. The smallest absolute Gasteiger partial charge is 0.0992 e. The standard InChI is InChI=1S/C46H27N5/c47-27-30-18-24-44-40(25-30)37-12-4-6-14-41(37)50(44)34-21-19-32(20-22-34)35-10-2-1-9-33(29-49)46(35)39-13-5-8-16-43(39)51-42-15-7-3-11-36(42)38-23-17-31(28-48)26-45(38)51/h1-8,10-26H,9H2. The number of fused-ring (bicyclic) bond motifs is 6. The van der Waals surface area contributed by atoms with Crippen molar-refractivity contribution in [2.75, 3.05) is 0 Å². The molecule has 236 valence electrons. The summed E-state index contributed by atoms with van der Waals surface area (Å²) in [6.07, 6.45) is 6.69. The second-order valence-corrected chi connectivity index (χ2v) is 12.6. The molecule has 0 amide bonds. The third-order valence-electron chi connectivity index (χ3n) is 9.88. The van der Waals surface area contributed by atoms with Crippen LogP contribution < -0.4 is 0 Å². The molecular formula is C46H27N5. The number of allylic oxidation sites excluding steroid dienone is 6. The molecule has 0 saturated carbocycles. The van der Waals surface area contributed by atoms with E-state index in [1.165, 1.54) is 0 Å². The monoisotopic (exact) mass is 649 g/mol. The molecule has 0 atom stereocenters. The zero-order valence-electron chi connectivity index (χ0n) is 27.4. The van der Waals surface area contributed by atoms with Crippen LogP contribution in [-0.4, -0.2) is 9.13 Å². The van der Waals surface area contributed by atoms with Crippen molar-refractivity contribution >= 4 is 54.8 Å². The maximum absolute atomic E-state index is 10.6. The van der Waals surface area contributed by atoms with Crippen molar-refractivity contribution in [3.05, 3.63) is 180 Å². The predicted molar refractivity (Wildman–Crippen MR) is 205 cm³/mol. The van der Waals surface area contributed by atoms with Crippen molar-refractivity contribution in [1.29, 1.82) is 15.8 Å². The van der Waals surface area contributed by atoms with E-state index in [0.717, 1.165) is 77.3 Å². The van der Waals surface area contributed by atoms with Gasteiger partial charge in [-0.2, -0.15) is 15.8 Å². The van der Waals surface area contributed by atoms with Crippen LogP contribution >= 0.6 is 0 Å². The van der Waals surface area contributed by atoms with Crippen molar-refractivity contribution in [2.45, 2.75) is 6.42 Å². The van der Waals surface area contributed by atoms with Crippen LogP contribution in [-0.2, 0) is 0 Å². The SMILES string of the molecule is N#CC1=C(c2ccccc2-n2c3ccccc3c3ccc(C#N)cc32)C(c2ccc(-n3c4ccccc4c4cc(C#N)ccc43)cc2)=CC=CC1. The first-order valence-corrected chi connectivity index (χ1v) is 16.8. The Balaban J connectivity index is 1.23. The molecule has 0 N–H and O–H groups in total. The van der Waals surface area contributed by atoms with Crippen LogP contribution in [0.5, 0.6) is 0 Å². The zero-order valence-corrected chi connectivity index (χ0v) is 27.4. The summed E-state index contributed by atoms with van der Waals surface area (Å²) in [5, 5.41) is 34.3. The van der Waals surface area contributed by atoms with Gasteiger partial charge < -0.3 is 9.13 Å². The highest BCUT2D eigenvalue weighted by molar-refractivity contribution is 6.13. The third-order valence-corrected chi connectivity index (χ3v) is 9.88. The lowest BCUT2D eigenvalue weighted by Gasteiger charge is -2.20. The molecule has 0 radical (unpaired) electrons. The first-order chi connectivity index (χ1) is 25.2.